The number of hydrogen-bond donors (Lipinski definition) is 0. The van der Waals surface area contributed by atoms with Crippen LogP contribution in [0.2, 0.25) is 0 Å². The third-order valence-electron chi connectivity index (χ3n) is 5.80. The van der Waals surface area contributed by atoms with E-state index in [-0.39, 0.29) is 12.4 Å². The minimum Gasteiger partial charge on any atom is -0.493 e. The molecular formula is C26H24N2O6S. The Balaban J connectivity index is 1.70. The Morgan fingerprint density at radius 3 is 2.83 bits per heavy atom. The van der Waals surface area contributed by atoms with Gasteiger partial charge in [-0.05, 0) is 43.2 Å². The van der Waals surface area contributed by atoms with E-state index in [4.69, 9.17) is 18.9 Å². The lowest BCUT2D eigenvalue weighted by molar-refractivity contribution is -0.136. The number of hydrogen-bond acceptors (Lipinski definition) is 8. The van der Waals surface area contributed by atoms with Crippen molar-refractivity contribution in [2.24, 2.45) is 4.99 Å². The van der Waals surface area contributed by atoms with E-state index in [1.165, 1.54) is 18.4 Å². The Hall–Kier alpha value is -3.85. The molecule has 0 saturated heterocycles. The smallest absolute Gasteiger partial charge is 0.338 e. The number of methoxy groups -OCH3 is 1. The summed E-state index contributed by atoms with van der Waals surface area (Å²) in [4.78, 5) is 31.7. The first kappa shape index (κ1) is 22.9. The van der Waals surface area contributed by atoms with Crippen LogP contribution in [0.5, 0.6) is 17.2 Å². The summed E-state index contributed by atoms with van der Waals surface area (Å²) in [6.45, 7) is 4.46. The van der Waals surface area contributed by atoms with Gasteiger partial charge in [-0.2, -0.15) is 0 Å². The first-order valence-electron chi connectivity index (χ1n) is 11.2. The van der Waals surface area contributed by atoms with Crippen molar-refractivity contribution in [1.29, 1.82) is 0 Å². The number of carbonyl (C=O) groups is 1. The van der Waals surface area contributed by atoms with Crippen LogP contribution in [-0.4, -0.2) is 31.0 Å². The molecule has 0 spiro atoms. The lowest BCUT2D eigenvalue weighted by Gasteiger charge is -2.26. The van der Waals surface area contributed by atoms with Crippen molar-refractivity contribution in [3.05, 3.63) is 84.5 Å². The first-order valence-corrected chi connectivity index (χ1v) is 12.1. The Kier molecular flexibility index (Phi) is 6.17. The highest BCUT2D eigenvalue weighted by Gasteiger charge is 2.34. The minimum atomic E-state index is -0.731. The van der Waals surface area contributed by atoms with Gasteiger partial charge in [0.2, 0.25) is 6.79 Å². The second kappa shape index (κ2) is 9.42. The Labute approximate surface area is 205 Å². The summed E-state index contributed by atoms with van der Waals surface area (Å²) >= 11 is 1.27. The summed E-state index contributed by atoms with van der Waals surface area (Å²) in [5, 5.41) is 0. The van der Waals surface area contributed by atoms with Crippen LogP contribution in [-0.2, 0) is 9.53 Å². The Bertz CT molecular complexity index is 1520. The number of para-hydroxylation sites is 1. The molecule has 35 heavy (non-hydrogen) atoms. The van der Waals surface area contributed by atoms with E-state index < -0.39 is 12.0 Å². The molecule has 0 aliphatic carbocycles. The number of benzene rings is 2. The molecule has 9 heteroatoms. The minimum absolute atomic E-state index is 0.177. The van der Waals surface area contributed by atoms with Crippen LogP contribution in [0.3, 0.4) is 0 Å². The third-order valence-corrected chi connectivity index (χ3v) is 6.78. The number of aromatic nitrogens is 1. The van der Waals surface area contributed by atoms with Crippen LogP contribution in [0.25, 0.3) is 6.08 Å². The third kappa shape index (κ3) is 4.12. The van der Waals surface area contributed by atoms with Gasteiger partial charge in [0.25, 0.3) is 5.56 Å². The van der Waals surface area contributed by atoms with Crippen molar-refractivity contribution in [1.82, 2.24) is 4.57 Å². The summed E-state index contributed by atoms with van der Waals surface area (Å²) in [6.07, 6.45) is 2.62. The molecule has 0 fully saturated rings. The molecule has 3 heterocycles. The van der Waals surface area contributed by atoms with Gasteiger partial charge < -0.3 is 18.9 Å². The van der Waals surface area contributed by atoms with Gasteiger partial charge in [0.05, 0.1) is 29.5 Å². The topological polar surface area (TPSA) is 88.4 Å². The Morgan fingerprint density at radius 1 is 1.23 bits per heavy atom. The fourth-order valence-corrected chi connectivity index (χ4v) is 5.24. The molecule has 2 aliphatic heterocycles. The molecule has 0 radical (unpaired) electrons. The number of carbonyl (C=O) groups excluding carboxylic acids is 1. The summed E-state index contributed by atoms with van der Waals surface area (Å²) in [6, 6.07) is 12.2. The maximum absolute atomic E-state index is 13.7. The van der Waals surface area contributed by atoms with E-state index in [9.17, 15) is 9.59 Å². The van der Waals surface area contributed by atoms with E-state index in [1.54, 1.807) is 17.6 Å². The van der Waals surface area contributed by atoms with Gasteiger partial charge in [-0.1, -0.05) is 42.5 Å². The second-order valence-electron chi connectivity index (χ2n) is 8.07. The standard InChI is InChI=1S/C26H24N2O6S/c1-4-11-32-18-8-6-5-7-17(18)23-22(25(30)31-3)15(2)27-26-28(23)24(29)21(35-26)13-16-9-10-19-20(12-16)34-14-33-19/h5-10,12-13,23H,4,11,14H2,1-3H3/b21-13+/t23-/m1/s1. The molecule has 5 rings (SSSR count). The van der Waals surface area contributed by atoms with Gasteiger partial charge in [0.1, 0.15) is 11.8 Å². The zero-order valence-corrected chi connectivity index (χ0v) is 20.4. The molecule has 180 valence electrons. The van der Waals surface area contributed by atoms with E-state index in [0.29, 0.717) is 50.0 Å². The van der Waals surface area contributed by atoms with Crippen LogP contribution in [0.4, 0.5) is 0 Å². The van der Waals surface area contributed by atoms with Crippen molar-refractivity contribution >= 4 is 23.4 Å². The zero-order chi connectivity index (χ0) is 24.5. The van der Waals surface area contributed by atoms with Gasteiger partial charge in [-0.15, -0.1) is 0 Å². The molecule has 0 amide bonds. The van der Waals surface area contributed by atoms with Crippen LogP contribution in [0, 0.1) is 0 Å². The largest absolute Gasteiger partial charge is 0.493 e. The molecule has 0 unspecified atom stereocenters. The highest BCUT2D eigenvalue weighted by molar-refractivity contribution is 7.07. The van der Waals surface area contributed by atoms with Crippen molar-refractivity contribution < 1.29 is 23.7 Å². The number of ether oxygens (including phenoxy) is 4. The molecule has 3 aromatic rings. The number of fused-ring (bicyclic) bond motifs is 2. The van der Waals surface area contributed by atoms with Crippen LogP contribution in [0.1, 0.15) is 37.4 Å². The molecule has 8 nitrogen and oxygen atoms in total. The lowest BCUT2D eigenvalue weighted by Crippen LogP contribution is -2.40. The quantitative estimate of drug-likeness (QED) is 0.492. The zero-order valence-electron chi connectivity index (χ0n) is 19.6. The fraction of sp³-hybridized carbons (Fsp3) is 0.269. The summed E-state index contributed by atoms with van der Waals surface area (Å²) in [5.74, 6) is 1.38. The highest BCUT2D eigenvalue weighted by Crippen LogP contribution is 2.36. The molecular weight excluding hydrogens is 468 g/mol. The fourth-order valence-electron chi connectivity index (χ4n) is 4.19. The van der Waals surface area contributed by atoms with Crippen molar-refractivity contribution in [3.63, 3.8) is 0 Å². The monoisotopic (exact) mass is 492 g/mol. The Morgan fingerprint density at radius 2 is 2.03 bits per heavy atom. The van der Waals surface area contributed by atoms with E-state index in [0.717, 1.165) is 12.0 Å². The molecule has 1 atom stereocenters. The predicted molar refractivity (Wildman–Crippen MR) is 131 cm³/mol. The van der Waals surface area contributed by atoms with Gasteiger partial charge in [0, 0.05) is 5.56 Å². The van der Waals surface area contributed by atoms with Gasteiger partial charge in [0.15, 0.2) is 16.3 Å². The normalized spacial score (nSPS) is 16.7. The number of thiazole rings is 1. The van der Waals surface area contributed by atoms with Crippen LogP contribution in [0.15, 0.2) is 63.5 Å². The van der Waals surface area contributed by atoms with Gasteiger partial charge >= 0.3 is 5.97 Å². The highest BCUT2D eigenvalue weighted by atomic mass is 32.1. The summed E-state index contributed by atoms with van der Waals surface area (Å²) in [5.41, 5.74) is 2.05. The molecule has 0 saturated carbocycles. The van der Waals surface area contributed by atoms with E-state index in [1.807, 2.05) is 49.4 Å². The SMILES string of the molecule is CCCOc1ccccc1[C@@H]1C(C(=O)OC)=C(C)N=c2s/c(=C/c3ccc4c(c3)OCO4)c(=O)n21. The molecule has 0 bridgehead atoms. The summed E-state index contributed by atoms with van der Waals surface area (Å²) in [7, 11) is 1.32. The molecule has 1 aromatic heterocycles. The average Bonchev–Trinajstić information content (AvgIpc) is 3.45. The first-order chi connectivity index (χ1) is 17.0. The maximum Gasteiger partial charge on any atom is 0.338 e. The van der Waals surface area contributed by atoms with Crippen molar-refractivity contribution in [2.45, 2.75) is 26.3 Å². The van der Waals surface area contributed by atoms with E-state index >= 15 is 0 Å². The van der Waals surface area contributed by atoms with Crippen molar-refractivity contribution in [3.8, 4) is 17.2 Å². The maximum atomic E-state index is 13.7. The lowest BCUT2D eigenvalue weighted by atomic mass is 9.95. The summed E-state index contributed by atoms with van der Waals surface area (Å²) < 4.78 is 24.0. The van der Waals surface area contributed by atoms with Crippen LogP contribution >= 0.6 is 11.3 Å². The van der Waals surface area contributed by atoms with Crippen LogP contribution < -0.4 is 29.1 Å². The molecule has 2 aromatic carbocycles. The number of nitrogens with zero attached hydrogens (tertiary/aromatic N) is 2. The van der Waals surface area contributed by atoms with Crippen molar-refractivity contribution in [2.75, 3.05) is 20.5 Å². The number of esters is 1. The molecule has 0 N–H and O–H groups in total. The van der Waals surface area contributed by atoms with E-state index in [2.05, 4.69) is 4.99 Å². The second-order valence-corrected chi connectivity index (χ2v) is 9.08. The predicted octanol–water partition coefficient (Wildman–Crippen LogP) is 2.93. The van der Waals surface area contributed by atoms with Gasteiger partial charge in [-0.3, -0.25) is 9.36 Å². The van der Waals surface area contributed by atoms with Gasteiger partial charge in [-0.25, -0.2) is 9.79 Å². The number of allylic oxidation sites excluding steroid dienone is 1. The number of rotatable bonds is 6. The average molecular weight is 493 g/mol. The molecule has 2 aliphatic rings.